The van der Waals surface area contributed by atoms with Crippen molar-refractivity contribution in [3.05, 3.63) is 15.9 Å². The second kappa shape index (κ2) is 6.00. The highest BCUT2D eigenvalue weighted by atomic mass is 79.9. The SMILES string of the molecule is O=S(=O)(NC1CCCCCC1O)c1ccc(Br)s1. The quantitative estimate of drug-likeness (QED) is 0.820. The van der Waals surface area contributed by atoms with Crippen LogP contribution in [-0.4, -0.2) is 25.7 Å². The summed E-state index contributed by atoms with van der Waals surface area (Å²) >= 11 is 4.43. The number of aliphatic hydroxyl groups is 1. The second-order valence-electron chi connectivity index (χ2n) is 4.49. The van der Waals surface area contributed by atoms with Crippen molar-refractivity contribution in [1.82, 2.24) is 4.72 Å². The summed E-state index contributed by atoms with van der Waals surface area (Å²) in [7, 11) is -3.51. The Morgan fingerprint density at radius 1 is 1.28 bits per heavy atom. The van der Waals surface area contributed by atoms with E-state index in [2.05, 4.69) is 20.7 Å². The maximum Gasteiger partial charge on any atom is 0.250 e. The van der Waals surface area contributed by atoms with Crippen LogP contribution in [0.3, 0.4) is 0 Å². The van der Waals surface area contributed by atoms with E-state index < -0.39 is 16.1 Å². The summed E-state index contributed by atoms with van der Waals surface area (Å²) in [5.74, 6) is 0. The molecule has 0 saturated heterocycles. The number of nitrogens with one attached hydrogen (secondary N) is 1. The molecule has 0 amide bonds. The molecule has 0 aliphatic heterocycles. The molecule has 1 fully saturated rings. The van der Waals surface area contributed by atoms with Crippen molar-refractivity contribution in [2.45, 2.75) is 48.5 Å². The third-order valence-electron chi connectivity index (χ3n) is 3.10. The van der Waals surface area contributed by atoms with Gasteiger partial charge >= 0.3 is 0 Å². The van der Waals surface area contributed by atoms with Gasteiger partial charge in [0.2, 0.25) is 10.0 Å². The van der Waals surface area contributed by atoms with Crippen LogP contribution in [0.4, 0.5) is 0 Å². The molecular formula is C11H16BrNO3S2. The van der Waals surface area contributed by atoms with Gasteiger partial charge in [-0.3, -0.25) is 0 Å². The number of hydrogen-bond acceptors (Lipinski definition) is 4. The van der Waals surface area contributed by atoms with E-state index in [0.29, 0.717) is 12.8 Å². The Bertz CT molecular complexity index is 500. The predicted molar refractivity (Wildman–Crippen MR) is 75.2 cm³/mol. The van der Waals surface area contributed by atoms with Crippen LogP contribution in [0.15, 0.2) is 20.1 Å². The maximum absolute atomic E-state index is 12.1. The molecule has 0 aromatic carbocycles. The first-order chi connectivity index (χ1) is 8.49. The molecule has 102 valence electrons. The molecule has 1 saturated carbocycles. The Labute approximate surface area is 120 Å². The van der Waals surface area contributed by atoms with E-state index in [4.69, 9.17) is 0 Å². The van der Waals surface area contributed by atoms with Gasteiger partial charge in [0.1, 0.15) is 4.21 Å². The lowest BCUT2D eigenvalue weighted by atomic mass is 10.1. The molecule has 1 aliphatic rings. The van der Waals surface area contributed by atoms with Crippen molar-refractivity contribution >= 4 is 37.3 Å². The highest BCUT2D eigenvalue weighted by Gasteiger charge is 2.27. The number of aliphatic hydroxyl groups excluding tert-OH is 1. The normalized spacial score (nSPS) is 25.9. The van der Waals surface area contributed by atoms with Crippen molar-refractivity contribution < 1.29 is 13.5 Å². The summed E-state index contributed by atoms with van der Waals surface area (Å²) in [6, 6.07) is 2.92. The molecule has 1 aromatic heterocycles. The number of sulfonamides is 1. The molecule has 2 N–H and O–H groups in total. The molecule has 0 bridgehead atoms. The monoisotopic (exact) mass is 353 g/mol. The lowest BCUT2D eigenvalue weighted by Gasteiger charge is -2.21. The van der Waals surface area contributed by atoms with E-state index in [0.717, 1.165) is 23.0 Å². The zero-order valence-corrected chi connectivity index (χ0v) is 13.0. The van der Waals surface area contributed by atoms with Gasteiger partial charge in [-0.25, -0.2) is 13.1 Å². The van der Waals surface area contributed by atoms with E-state index in [9.17, 15) is 13.5 Å². The molecule has 1 aliphatic carbocycles. The average molecular weight is 354 g/mol. The lowest BCUT2D eigenvalue weighted by Crippen LogP contribution is -2.42. The van der Waals surface area contributed by atoms with Crippen LogP contribution < -0.4 is 4.72 Å². The zero-order chi connectivity index (χ0) is 13.2. The molecule has 4 nitrogen and oxygen atoms in total. The van der Waals surface area contributed by atoms with Crippen molar-refractivity contribution in [2.75, 3.05) is 0 Å². The van der Waals surface area contributed by atoms with Crippen LogP contribution in [0.25, 0.3) is 0 Å². The minimum Gasteiger partial charge on any atom is -0.391 e. The highest BCUT2D eigenvalue weighted by molar-refractivity contribution is 9.11. The van der Waals surface area contributed by atoms with Crippen LogP contribution in [0, 0.1) is 0 Å². The van der Waals surface area contributed by atoms with Gasteiger partial charge in [-0.05, 0) is 40.9 Å². The first-order valence-corrected chi connectivity index (χ1v) is 9.04. The summed E-state index contributed by atoms with van der Waals surface area (Å²) in [6.07, 6.45) is 3.77. The number of hydrogen-bond donors (Lipinski definition) is 2. The summed E-state index contributed by atoms with van der Waals surface area (Å²) in [5, 5.41) is 9.93. The largest absolute Gasteiger partial charge is 0.391 e. The van der Waals surface area contributed by atoms with Crippen molar-refractivity contribution in [1.29, 1.82) is 0 Å². The van der Waals surface area contributed by atoms with E-state index in [1.165, 1.54) is 11.3 Å². The Hall–Kier alpha value is 0.0500. The van der Waals surface area contributed by atoms with Gasteiger partial charge in [0, 0.05) is 6.04 Å². The molecule has 1 heterocycles. The van der Waals surface area contributed by atoms with Gasteiger partial charge < -0.3 is 5.11 Å². The fourth-order valence-electron chi connectivity index (χ4n) is 2.13. The predicted octanol–water partition coefficient (Wildman–Crippen LogP) is 2.48. The Morgan fingerprint density at radius 3 is 2.67 bits per heavy atom. The van der Waals surface area contributed by atoms with E-state index in [1.54, 1.807) is 12.1 Å². The molecule has 2 unspecified atom stereocenters. The summed E-state index contributed by atoms with van der Waals surface area (Å²) < 4.78 is 28.0. The first kappa shape index (κ1) is 14.5. The van der Waals surface area contributed by atoms with E-state index >= 15 is 0 Å². The molecule has 18 heavy (non-hydrogen) atoms. The van der Waals surface area contributed by atoms with Crippen molar-refractivity contribution in [3.63, 3.8) is 0 Å². The number of halogens is 1. The van der Waals surface area contributed by atoms with Crippen LogP contribution in [0.5, 0.6) is 0 Å². The molecule has 0 spiro atoms. The van der Waals surface area contributed by atoms with Crippen LogP contribution in [0.2, 0.25) is 0 Å². The summed E-state index contributed by atoms with van der Waals surface area (Å²) in [6.45, 7) is 0. The Balaban J connectivity index is 2.11. The van der Waals surface area contributed by atoms with E-state index in [-0.39, 0.29) is 10.3 Å². The summed E-state index contributed by atoms with van der Waals surface area (Å²) in [5.41, 5.74) is 0. The number of thiophene rings is 1. The minimum atomic E-state index is -3.51. The van der Waals surface area contributed by atoms with Crippen LogP contribution in [-0.2, 0) is 10.0 Å². The molecule has 1 aromatic rings. The van der Waals surface area contributed by atoms with Gasteiger partial charge in [-0.1, -0.05) is 19.3 Å². The number of rotatable bonds is 3. The van der Waals surface area contributed by atoms with Gasteiger partial charge in [0.25, 0.3) is 0 Å². The average Bonchev–Trinajstić information content (AvgIpc) is 2.65. The van der Waals surface area contributed by atoms with E-state index in [1.807, 2.05) is 0 Å². The van der Waals surface area contributed by atoms with Crippen molar-refractivity contribution in [2.24, 2.45) is 0 Å². The van der Waals surface area contributed by atoms with Gasteiger partial charge in [-0.2, -0.15) is 0 Å². The van der Waals surface area contributed by atoms with Crippen molar-refractivity contribution in [3.8, 4) is 0 Å². The molecule has 2 atom stereocenters. The van der Waals surface area contributed by atoms with Gasteiger partial charge in [0.05, 0.1) is 9.89 Å². The maximum atomic E-state index is 12.1. The fourth-order valence-corrected chi connectivity index (χ4v) is 5.46. The third kappa shape index (κ3) is 3.54. The molecule has 0 radical (unpaired) electrons. The first-order valence-electron chi connectivity index (χ1n) is 5.95. The smallest absolute Gasteiger partial charge is 0.250 e. The second-order valence-corrected chi connectivity index (χ2v) is 8.90. The Kier molecular flexibility index (Phi) is 4.82. The summed E-state index contributed by atoms with van der Waals surface area (Å²) in [4.78, 5) is 0. The molecular weight excluding hydrogens is 338 g/mol. The standard InChI is InChI=1S/C11H16BrNO3S2/c12-10-6-7-11(17-10)18(15,16)13-8-4-2-1-3-5-9(8)14/h6-9,13-14H,1-5H2. The van der Waals surface area contributed by atoms with Gasteiger partial charge in [-0.15, -0.1) is 11.3 Å². The topological polar surface area (TPSA) is 66.4 Å². The molecule has 2 rings (SSSR count). The minimum absolute atomic E-state index is 0.283. The third-order valence-corrected chi connectivity index (χ3v) is 6.70. The zero-order valence-electron chi connectivity index (χ0n) is 9.80. The van der Waals surface area contributed by atoms with Gasteiger partial charge in [0.15, 0.2) is 0 Å². The van der Waals surface area contributed by atoms with Crippen LogP contribution >= 0.6 is 27.3 Å². The fraction of sp³-hybridized carbons (Fsp3) is 0.636. The highest BCUT2D eigenvalue weighted by Crippen LogP contribution is 2.27. The lowest BCUT2D eigenvalue weighted by molar-refractivity contribution is 0.130. The van der Waals surface area contributed by atoms with Crippen LogP contribution in [0.1, 0.15) is 32.1 Å². The Morgan fingerprint density at radius 2 is 2.00 bits per heavy atom. The molecule has 7 heteroatoms.